The van der Waals surface area contributed by atoms with Crippen LogP contribution in [0.2, 0.25) is 0 Å². The molecule has 0 atom stereocenters. The van der Waals surface area contributed by atoms with Gasteiger partial charge in [0.25, 0.3) is 10.0 Å². The number of nitrogens with zero attached hydrogens (tertiary/aromatic N) is 1. The van der Waals surface area contributed by atoms with Gasteiger partial charge in [-0.2, -0.15) is 0 Å². The summed E-state index contributed by atoms with van der Waals surface area (Å²) >= 11 is 0. The van der Waals surface area contributed by atoms with E-state index in [9.17, 15) is 13.2 Å². The minimum Gasteiger partial charge on any atom is -0.495 e. The van der Waals surface area contributed by atoms with Crippen molar-refractivity contribution < 1.29 is 17.9 Å². The number of anilines is 2. The maximum atomic E-state index is 12.6. The maximum Gasteiger partial charge on any atom is 0.265 e. The Morgan fingerprint density at radius 2 is 1.91 bits per heavy atom. The van der Waals surface area contributed by atoms with E-state index in [4.69, 9.17) is 4.74 Å². The van der Waals surface area contributed by atoms with Gasteiger partial charge in [0.05, 0.1) is 12.8 Å². The number of methoxy groups -OCH3 is 1. The number of nitrogens with one attached hydrogen (secondary N) is 2. The smallest absolute Gasteiger partial charge is 0.265 e. The Kier molecular flexibility index (Phi) is 4.85. The second-order valence-corrected chi connectivity index (χ2v) is 6.49. The van der Waals surface area contributed by atoms with E-state index in [-0.39, 0.29) is 16.6 Å². The molecule has 0 saturated heterocycles. The highest BCUT2D eigenvalue weighted by Crippen LogP contribution is 2.28. The Bertz CT molecular complexity index is 834. The average Bonchev–Trinajstić information content (AvgIpc) is 2.46. The van der Waals surface area contributed by atoms with Gasteiger partial charge in [-0.25, -0.2) is 8.42 Å². The van der Waals surface area contributed by atoms with E-state index in [0.29, 0.717) is 17.1 Å². The van der Waals surface area contributed by atoms with Crippen LogP contribution in [0.3, 0.4) is 0 Å². The number of amides is 1. The topological polar surface area (TPSA) is 97.4 Å². The van der Waals surface area contributed by atoms with Gasteiger partial charge in [0.1, 0.15) is 10.6 Å². The van der Waals surface area contributed by atoms with Gasteiger partial charge in [-0.05, 0) is 37.3 Å². The number of sulfonamides is 1. The summed E-state index contributed by atoms with van der Waals surface area (Å²) in [6.07, 6.45) is 1.51. The van der Waals surface area contributed by atoms with Crippen molar-refractivity contribution >= 4 is 27.3 Å². The highest BCUT2D eigenvalue weighted by Gasteiger charge is 2.20. The zero-order chi connectivity index (χ0) is 17.0. The highest BCUT2D eigenvalue weighted by atomic mass is 32.2. The molecule has 2 aromatic rings. The number of aromatic nitrogens is 1. The van der Waals surface area contributed by atoms with Crippen molar-refractivity contribution in [2.75, 3.05) is 17.1 Å². The molecule has 1 aromatic heterocycles. The van der Waals surface area contributed by atoms with E-state index in [1.807, 2.05) is 0 Å². The number of pyridine rings is 1. The lowest BCUT2D eigenvalue weighted by atomic mass is 10.3. The number of benzene rings is 1. The first-order valence-corrected chi connectivity index (χ1v) is 8.21. The van der Waals surface area contributed by atoms with Crippen molar-refractivity contribution in [1.29, 1.82) is 0 Å². The molecule has 1 aromatic carbocycles. The van der Waals surface area contributed by atoms with Gasteiger partial charge in [0.2, 0.25) is 5.91 Å². The second kappa shape index (κ2) is 6.66. The molecule has 0 saturated carbocycles. The predicted octanol–water partition coefficient (Wildman–Crippen LogP) is 2.16. The van der Waals surface area contributed by atoms with Gasteiger partial charge in [-0.15, -0.1) is 0 Å². The Morgan fingerprint density at radius 1 is 1.17 bits per heavy atom. The highest BCUT2D eigenvalue weighted by molar-refractivity contribution is 7.92. The summed E-state index contributed by atoms with van der Waals surface area (Å²) in [7, 11) is -2.51. The molecule has 0 bridgehead atoms. The number of rotatable bonds is 5. The molecule has 2 N–H and O–H groups in total. The molecular formula is C15H17N3O4S. The average molecular weight is 335 g/mol. The summed E-state index contributed by atoms with van der Waals surface area (Å²) in [6.45, 7) is 3.10. The molecule has 23 heavy (non-hydrogen) atoms. The SMILES string of the molecule is COc1ccc(NC(C)=O)cc1S(=O)(=O)Nc1ccnc(C)c1. The predicted molar refractivity (Wildman–Crippen MR) is 87.1 cm³/mol. The van der Waals surface area contributed by atoms with Crippen LogP contribution in [-0.2, 0) is 14.8 Å². The van der Waals surface area contributed by atoms with Crippen LogP contribution in [0.25, 0.3) is 0 Å². The number of carbonyl (C=O) groups excluding carboxylic acids is 1. The van der Waals surface area contributed by atoms with E-state index in [1.54, 1.807) is 25.1 Å². The Morgan fingerprint density at radius 3 is 2.52 bits per heavy atom. The third-order valence-electron chi connectivity index (χ3n) is 2.92. The first kappa shape index (κ1) is 16.8. The molecule has 2 rings (SSSR count). The number of hydrogen-bond donors (Lipinski definition) is 2. The maximum absolute atomic E-state index is 12.6. The van der Waals surface area contributed by atoms with Crippen molar-refractivity contribution in [1.82, 2.24) is 4.98 Å². The quantitative estimate of drug-likeness (QED) is 0.872. The van der Waals surface area contributed by atoms with Crippen LogP contribution in [0.4, 0.5) is 11.4 Å². The van der Waals surface area contributed by atoms with Crippen LogP contribution in [0.5, 0.6) is 5.75 Å². The van der Waals surface area contributed by atoms with Crippen LogP contribution in [0, 0.1) is 6.92 Å². The van der Waals surface area contributed by atoms with E-state index < -0.39 is 10.0 Å². The summed E-state index contributed by atoms with van der Waals surface area (Å²) in [5, 5.41) is 2.54. The number of hydrogen-bond acceptors (Lipinski definition) is 5. The fourth-order valence-electron chi connectivity index (χ4n) is 1.99. The van der Waals surface area contributed by atoms with Crippen molar-refractivity contribution in [3.63, 3.8) is 0 Å². The third kappa shape index (κ3) is 4.19. The monoisotopic (exact) mass is 335 g/mol. The Balaban J connectivity index is 2.42. The molecule has 0 fully saturated rings. The third-order valence-corrected chi connectivity index (χ3v) is 4.32. The molecule has 0 radical (unpaired) electrons. The van der Waals surface area contributed by atoms with Gasteiger partial charge in [-0.1, -0.05) is 0 Å². The molecule has 0 unspecified atom stereocenters. The molecule has 0 aliphatic rings. The molecule has 0 aliphatic heterocycles. The standard InChI is InChI=1S/C15H17N3O4S/c1-10-8-13(6-7-16-10)18-23(20,21)15-9-12(17-11(2)19)4-5-14(15)22-3/h4-9H,1-3H3,(H,16,18)(H,17,19). The van der Waals surface area contributed by atoms with Crippen LogP contribution < -0.4 is 14.8 Å². The lowest BCUT2D eigenvalue weighted by Crippen LogP contribution is -2.15. The zero-order valence-electron chi connectivity index (χ0n) is 13.0. The summed E-state index contributed by atoms with van der Waals surface area (Å²) in [6, 6.07) is 7.56. The van der Waals surface area contributed by atoms with Gasteiger partial charge >= 0.3 is 0 Å². The summed E-state index contributed by atoms with van der Waals surface area (Å²) in [5.41, 5.74) is 1.44. The summed E-state index contributed by atoms with van der Waals surface area (Å²) in [5.74, 6) is -0.117. The van der Waals surface area contributed by atoms with E-state index in [0.717, 1.165) is 0 Å². The van der Waals surface area contributed by atoms with E-state index in [1.165, 1.54) is 32.4 Å². The lowest BCUT2D eigenvalue weighted by Gasteiger charge is -2.13. The van der Waals surface area contributed by atoms with E-state index >= 15 is 0 Å². The lowest BCUT2D eigenvalue weighted by molar-refractivity contribution is -0.114. The molecule has 0 aliphatic carbocycles. The van der Waals surface area contributed by atoms with Crippen molar-refractivity contribution in [3.8, 4) is 5.75 Å². The second-order valence-electron chi connectivity index (χ2n) is 4.84. The largest absolute Gasteiger partial charge is 0.495 e. The summed E-state index contributed by atoms with van der Waals surface area (Å²) < 4.78 is 32.8. The number of aryl methyl sites for hydroxylation is 1. The van der Waals surface area contributed by atoms with Crippen LogP contribution in [-0.4, -0.2) is 26.4 Å². The van der Waals surface area contributed by atoms with Gasteiger partial charge in [0.15, 0.2) is 0 Å². The zero-order valence-corrected chi connectivity index (χ0v) is 13.8. The first-order chi connectivity index (χ1) is 10.8. The van der Waals surface area contributed by atoms with Gasteiger partial charge < -0.3 is 10.1 Å². The van der Waals surface area contributed by atoms with Crippen molar-refractivity contribution in [2.24, 2.45) is 0 Å². The molecular weight excluding hydrogens is 318 g/mol. The van der Waals surface area contributed by atoms with Gasteiger partial charge in [0, 0.05) is 24.5 Å². The molecule has 7 nitrogen and oxygen atoms in total. The molecule has 8 heteroatoms. The number of ether oxygens (including phenoxy) is 1. The van der Waals surface area contributed by atoms with Crippen LogP contribution >= 0.6 is 0 Å². The minimum atomic E-state index is -3.89. The van der Waals surface area contributed by atoms with Crippen molar-refractivity contribution in [2.45, 2.75) is 18.7 Å². The normalized spacial score (nSPS) is 10.9. The van der Waals surface area contributed by atoms with Crippen LogP contribution in [0.15, 0.2) is 41.4 Å². The Labute approximate surface area is 134 Å². The van der Waals surface area contributed by atoms with E-state index in [2.05, 4.69) is 15.0 Å². The molecule has 0 spiro atoms. The summed E-state index contributed by atoms with van der Waals surface area (Å²) in [4.78, 5) is 15.1. The van der Waals surface area contributed by atoms with Crippen molar-refractivity contribution in [3.05, 3.63) is 42.2 Å². The minimum absolute atomic E-state index is 0.0688. The van der Waals surface area contributed by atoms with Gasteiger partial charge in [-0.3, -0.25) is 14.5 Å². The molecule has 1 amide bonds. The number of carbonyl (C=O) groups is 1. The van der Waals surface area contributed by atoms with Crippen LogP contribution in [0.1, 0.15) is 12.6 Å². The fraction of sp³-hybridized carbons (Fsp3) is 0.200. The Hall–Kier alpha value is -2.61. The fourth-order valence-corrected chi connectivity index (χ4v) is 3.23. The molecule has 122 valence electrons. The first-order valence-electron chi connectivity index (χ1n) is 6.73. The molecule has 1 heterocycles.